The summed E-state index contributed by atoms with van der Waals surface area (Å²) in [6, 6.07) is 10.3. The van der Waals surface area contributed by atoms with E-state index in [1.807, 2.05) is 32.3 Å². The molecule has 0 saturated carbocycles. The van der Waals surface area contributed by atoms with Crippen molar-refractivity contribution in [2.24, 2.45) is 0 Å². The van der Waals surface area contributed by atoms with Gasteiger partial charge in [0.15, 0.2) is 11.5 Å². The van der Waals surface area contributed by atoms with Crippen molar-refractivity contribution in [3.05, 3.63) is 35.9 Å². The van der Waals surface area contributed by atoms with Crippen molar-refractivity contribution >= 4 is 10.8 Å². The fraction of sp³-hybridized carbons (Fsp3) is 0.333. The Morgan fingerprint density at radius 3 is 2.39 bits per heavy atom. The summed E-state index contributed by atoms with van der Waals surface area (Å²) in [4.78, 5) is 2.13. The molecule has 3 heteroatoms. The monoisotopic (exact) mass is 245 g/mol. The van der Waals surface area contributed by atoms with Crippen LogP contribution in [0.3, 0.4) is 0 Å². The third-order valence-corrected chi connectivity index (χ3v) is 2.97. The van der Waals surface area contributed by atoms with Crippen LogP contribution in [0.4, 0.5) is 0 Å². The summed E-state index contributed by atoms with van der Waals surface area (Å²) in [5.74, 6) is 1.61. The molecule has 2 aromatic carbocycles. The Morgan fingerprint density at radius 1 is 1.06 bits per heavy atom. The summed E-state index contributed by atoms with van der Waals surface area (Å²) >= 11 is 0. The predicted molar refractivity (Wildman–Crippen MR) is 74.4 cm³/mol. The van der Waals surface area contributed by atoms with Crippen LogP contribution in [0.2, 0.25) is 0 Å². The van der Waals surface area contributed by atoms with Gasteiger partial charge in [0.2, 0.25) is 0 Å². The fourth-order valence-electron chi connectivity index (χ4n) is 2.22. The molecule has 0 radical (unpaired) electrons. The Hall–Kier alpha value is -1.74. The highest BCUT2D eigenvalue weighted by Crippen LogP contribution is 2.37. The van der Waals surface area contributed by atoms with E-state index in [0.29, 0.717) is 0 Å². The Morgan fingerprint density at radius 2 is 1.78 bits per heavy atom. The molecule has 0 heterocycles. The molecule has 96 valence electrons. The summed E-state index contributed by atoms with van der Waals surface area (Å²) in [6.07, 6.45) is 0. The van der Waals surface area contributed by atoms with Gasteiger partial charge < -0.3 is 14.4 Å². The van der Waals surface area contributed by atoms with Crippen LogP contribution in [-0.2, 0) is 6.54 Å². The van der Waals surface area contributed by atoms with E-state index in [-0.39, 0.29) is 0 Å². The zero-order valence-electron chi connectivity index (χ0n) is 11.4. The quantitative estimate of drug-likeness (QED) is 0.826. The van der Waals surface area contributed by atoms with E-state index in [9.17, 15) is 0 Å². The molecule has 0 unspecified atom stereocenters. The molecule has 0 aromatic heterocycles. The van der Waals surface area contributed by atoms with Gasteiger partial charge in [-0.2, -0.15) is 0 Å². The van der Waals surface area contributed by atoms with Crippen LogP contribution < -0.4 is 9.47 Å². The molecule has 0 fully saturated rings. The van der Waals surface area contributed by atoms with E-state index in [1.165, 1.54) is 10.8 Å². The third kappa shape index (κ3) is 2.27. The number of ether oxygens (including phenoxy) is 2. The fourth-order valence-corrected chi connectivity index (χ4v) is 2.22. The Bertz CT molecular complexity index is 549. The molecule has 18 heavy (non-hydrogen) atoms. The molecule has 0 saturated heterocycles. The van der Waals surface area contributed by atoms with Crippen molar-refractivity contribution in [2.45, 2.75) is 6.54 Å². The first-order valence-electron chi connectivity index (χ1n) is 5.94. The molecule has 0 atom stereocenters. The first kappa shape index (κ1) is 12.7. The van der Waals surface area contributed by atoms with Gasteiger partial charge >= 0.3 is 0 Å². The topological polar surface area (TPSA) is 21.7 Å². The van der Waals surface area contributed by atoms with E-state index in [2.05, 4.69) is 17.0 Å². The molecule has 0 N–H and O–H groups in total. The van der Waals surface area contributed by atoms with Crippen molar-refractivity contribution in [2.75, 3.05) is 28.3 Å². The molecule has 0 bridgehead atoms. The average molecular weight is 245 g/mol. The molecule has 2 aromatic rings. The smallest absolute Gasteiger partial charge is 0.165 e. The Kier molecular flexibility index (Phi) is 3.72. The molecule has 0 aliphatic heterocycles. The zero-order valence-corrected chi connectivity index (χ0v) is 11.4. The van der Waals surface area contributed by atoms with Gasteiger partial charge in [-0.3, -0.25) is 0 Å². The number of nitrogens with zero attached hydrogens (tertiary/aromatic N) is 1. The summed E-state index contributed by atoms with van der Waals surface area (Å²) < 4.78 is 10.9. The normalized spacial score (nSPS) is 10.9. The number of benzene rings is 2. The van der Waals surface area contributed by atoms with Crippen LogP contribution in [0.5, 0.6) is 11.5 Å². The molecule has 0 amide bonds. The maximum atomic E-state index is 5.52. The highest BCUT2D eigenvalue weighted by Gasteiger charge is 2.15. The minimum absolute atomic E-state index is 0.785. The summed E-state index contributed by atoms with van der Waals surface area (Å²) in [5, 5.41) is 2.39. The van der Waals surface area contributed by atoms with Gasteiger partial charge in [-0.05, 0) is 30.9 Å². The van der Waals surface area contributed by atoms with Gasteiger partial charge in [-0.25, -0.2) is 0 Å². The van der Waals surface area contributed by atoms with Gasteiger partial charge in [0.1, 0.15) is 0 Å². The minimum Gasteiger partial charge on any atom is -0.493 e. The van der Waals surface area contributed by atoms with E-state index >= 15 is 0 Å². The van der Waals surface area contributed by atoms with Crippen molar-refractivity contribution in [3.63, 3.8) is 0 Å². The van der Waals surface area contributed by atoms with E-state index in [4.69, 9.17) is 9.47 Å². The second-order valence-corrected chi connectivity index (χ2v) is 4.55. The standard InChI is InChI=1S/C15H19NO2/c1-16(2)10-13-12-8-6-5-7-11(12)9-14(17-3)15(13)18-4/h5-9H,10H2,1-4H3. The highest BCUT2D eigenvalue weighted by molar-refractivity contribution is 5.90. The first-order valence-corrected chi connectivity index (χ1v) is 5.94. The van der Waals surface area contributed by atoms with E-state index in [0.717, 1.165) is 23.6 Å². The molecular formula is C15H19NO2. The van der Waals surface area contributed by atoms with Crippen LogP contribution >= 0.6 is 0 Å². The van der Waals surface area contributed by atoms with Crippen LogP contribution in [0, 0.1) is 0 Å². The maximum Gasteiger partial charge on any atom is 0.165 e. The van der Waals surface area contributed by atoms with Gasteiger partial charge in [0, 0.05) is 12.1 Å². The van der Waals surface area contributed by atoms with Crippen LogP contribution in [-0.4, -0.2) is 33.2 Å². The Balaban J connectivity index is 2.73. The SMILES string of the molecule is COc1cc2ccccc2c(CN(C)C)c1OC. The van der Waals surface area contributed by atoms with Crippen molar-refractivity contribution < 1.29 is 9.47 Å². The molecule has 0 aliphatic carbocycles. The third-order valence-electron chi connectivity index (χ3n) is 2.97. The molecule has 2 rings (SSSR count). The number of hydrogen-bond acceptors (Lipinski definition) is 3. The minimum atomic E-state index is 0.785. The van der Waals surface area contributed by atoms with Crippen molar-refractivity contribution in [1.29, 1.82) is 0 Å². The number of rotatable bonds is 4. The van der Waals surface area contributed by atoms with Crippen LogP contribution in [0.15, 0.2) is 30.3 Å². The number of fused-ring (bicyclic) bond motifs is 1. The van der Waals surface area contributed by atoms with E-state index < -0.39 is 0 Å². The second kappa shape index (κ2) is 5.27. The molecule has 0 spiro atoms. The van der Waals surface area contributed by atoms with E-state index in [1.54, 1.807) is 14.2 Å². The van der Waals surface area contributed by atoms with Gasteiger partial charge in [-0.15, -0.1) is 0 Å². The highest BCUT2D eigenvalue weighted by atomic mass is 16.5. The number of hydrogen-bond donors (Lipinski definition) is 0. The number of methoxy groups -OCH3 is 2. The van der Waals surface area contributed by atoms with Crippen molar-refractivity contribution in [1.82, 2.24) is 4.90 Å². The summed E-state index contributed by atoms with van der Waals surface area (Å²) in [7, 11) is 7.46. The molecule has 0 aliphatic rings. The van der Waals surface area contributed by atoms with Crippen LogP contribution in [0.25, 0.3) is 10.8 Å². The lowest BCUT2D eigenvalue weighted by Gasteiger charge is -2.18. The maximum absolute atomic E-state index is 5.52. The van der Waals surface area contributed by atoms with Gasteiger partial charge in [-0.1, -0.05) is 24.3 Å². The van der Waals surface area contributed by atoms with Gasteiger partial charge in [0.25, 0.3) is 0 Å². The van der Waals surface area contributed by atoms with Crippen molar-refractivity contribution in [3.8, 4) is 11.5 Å². The lowest BCUT2D eigenvalue weighted by Crippen LogP contribution is -2.12. The second-order valence-electron chi connectivity index (χ2n) is 4.55. The predicted octanol–water partition coefficient (Wildman–Crippen LogP) is 2.92. The first-order chi connectivity index (χ1) is 8.67. The van der Waals surface area contributed by atoms with Crippen LogP contribution in [0.1, 0.15) is 5.56 Å². The summed E-state index contributed by atoms with van der Waals surface area (Å²) in [5.41, 5.74) is 1.16. The molecule has 3 nitrogen and oxygen atoms in total. The summed E-state index contributed by atoms with van der Waals surface area (Å²) in [6.45, 7) is 0.820. The lowest BCUT2D eigenvalue weighted by molar-refractivity contribution is 0.340. The van der Waals surface area contributed by atoms with Gasteiger partial charge in [0.05, 0.1) is 14.2 Å². The average Bonchev–Trinajstić information content (AvgIpc) is 2.37. The Labute approximate surface area is 108 Å². The zero-order chi connectivity index (χ0) is 13.1. The molecular weight excluding hydrogens is 226 g/mol. The largest absolute Gasteiger partial charge is 0.493 e. The lowest BCUT2D eigenvalue weighted by atomic mass is 10.0.